The summed E-state index contributed by atoms with van der Waals surface area (Å²) < 4.78 is 16.5. The molecule has 1 aromatic heterocycles. The molecule has 0 saturated heterocycles. The van der Waals surface area contributed by atoms with E-state index in [-0.39, 0.29) is 12.5 Å². The molecule has 2 heterocycles. The SMILES string of the molecule is CCOc1cccc(-c2noc(CN3C(=O)[C@@H](C)Oc4ccccc43)n2)c1. The number of para-hydroxylation sites is 2. The van der Waals surface area contributed by atoms with Crippen LogP contribution >= 0.6 is 0 Å². The maximum absolute atomic E-state index is 12.6. The van der Waals surface area contributed by atoms with E-state index in [4.69, 9.17) is 14.0 Å². The third kappa shape index (κ3) is 3.36. The summed E-state index contributed by atoms with van der Waals surface area (Å²) in [6.45, 7) is 4.42. The van der Waals surface area contributed by atoms with Crippen LogP contribution in [0.15, 0.2) is 53.1 Å². The summed E-state index contributed by atoms with van der Waals surface area (Å²) >= 11 is 0. The van der Waals surface area contributed by atoms with Gasteiger partial charge in [-0.15, -0.1) is 0 Å². The number of nitrogens with zero attached hydrogens (tertiary/aromatic N) is 3. The van der Waals surface area contributed by atoms with Crippen LogP contribution in [0.1, 0.15) is 19.7 Å². The lowest BCUT2D eigenvalue weighted by atomic mass is 10.2. The zero-order valence-corrected chi connectivity index (χ0v) is 15.1. The predicted octanol–water partition coefficient (Wildman–Crippen LogP) is 3.45. The van der Waals surface area contributed by atoms with Crippen LogP contribution in [0.5, 0.6) is 11.5 Å². The van der Waals surface area contributed by atoms with Gasteiger partial charge in [-0.1, -0.05) is 29.4 Å². The molecule has 7 heteroatoms. The minimum absolute atomic E-state index is 0.146. The molecular weight excluding hydrogens is 346 g/mol. The number of benzene rings is 2. The van der Waals surface area contributed by atoms with Crippen molar-refractivity contribution in [1.29, 1.82) is 0 Å². The number of ether oxygens (including phenoxy) is 2. The lowest BCUT2D eigenvalue weighted by Crippen LogP contribution is -2.44. The number of carbonyl (C=O) groups excluding carboxylic acids is 1. The van der Waals surface area contributed by atoms with Gasteiger partial charge in [0.25, 0.3) is 5.91 Å². The van der Waals surface area contributed by atoms with Crippen LogP contribution in [0.3, 0.4) is 0 Å². The van der Waals surface area contributed by atoms with E-state index in [0.29, 0.717) is 29.8 Å². The average molecular weight is 365 g/mol. The second-order valence-corrected chi connectivity index (χ2v) is 6.12. The molecule has 1 atom stereocenters. The Labute approximate surface area is 156 Å². The van der Waals surface area contributed by atoms with Gasteiger partial charge in [-0.3, -0.25) is 9.69 Å². The third-order valence-electron chi connectivity index (χ3n) is 4.24. The van der Waals surface area contributed by atoms with Crippen molar-refractivity contribution in [1.82, 2.24) is 10.1 Å². The van der Waals surface area contributed by atoms with Crippen LogP contribution in [-0.2, 0) is 11.3 Å². The first-order chi connectivity index (χ1) is 13.2. The number of rotatable bonds is 5. The highest BCUT2D eigenvalue weighted by Crippen LogP contribution is 2.34. The molecule has 0 aliphatic carbocycles. The molecule has 0 radical (unpaired) electrons. The maximum Gasteiger partial charge on any atom is 0.268 e. The van der Waals surface area contributed by atoms with Gasteiger partial charge < -0.3 is 14.0 Å². The minimum Gasteiger partial charge on any atom is -0.494 e. The van der Waals surface area contributed by atoms with E-state index in [9.17, 15) is 4.79 Å². The number of aromatic nitrogens is 2. The maximum atomic E-state index is 12.6. The van der Waals surface area contributed by atoms with Crippen LogP contribution in [0, 0.1) is 0 Å². The molecule has 0 unspecified atom stereocenters. The first kappa shape index (κ1) is 17.1. The number of anilines is 1. The molecule has 0 fully saturated rings. The van der Waals surface area contributed by atoms with E-state index < -0.39 is 6.10 Å². The Balaban J connectivity index is 1.59. The van der Waals surface area contributed by atoms with Crippen molar-refractivity contribution in [3.63, 3.8) is 0 Å². The average Bonchev–Trinajstić information content (AvgIpc) is 3.15. The highest BCUT2D eigenvalue weighted by Gasteiger charge is 2.32. The van der Waals surface area contributed by atoms with Gasteiger partial charge in [0.2, 0.25) is 11.7 Å². The third-order valence-corrected chi connectivity index (χ3v) is 4.24. The van der Waals surface area contributed by atoms with Crippen LogP contribution in [-0.4, -0.2) is 28.8 Å². The highest BCUT2D eigenvalue weighted by molar-refractivity contribution is 5.99. The summed E-state index contributed by atoms with van der Waals surface area (Å²) in [5, 5.41) is 4.04. The van der Waals surface area contributed by atoms with Crippen LogP contribution < -0.4 is 14.4 Å². The molecule has 1 amide bonds. The van der Waals surface area contributed by atoms with Crippen LogP contribution in [0.25, 0.3) is 11.4 Å². The first-order valence-corrected chi connectivity index (χ1v) is 8.78. The number of carbonyl (C=O) groups is 1. The van der Waals surface area contributed by atoms with E-state index in [1.807, 2.05) is 55.5 Å². The van der Waals surface area contributed by atoms with Crippen LogP contribution in [0.4, 0.5) is 5.69 Å². The highest BCUT2D eigenvalue weighted by atomic mass is 16.5. The van der Waals surface area contributed by atoms with Gasteiger partial charge in [0.1, 0.15) is 18.0 Å². The van der Waals surface area contributed by atoms with Crippen molar-refractivity contribution in [3.05, 3.63) is 54.4 Å². The summed E-state index contributed by atoms with van der Waals surface area (Å²) in [5.41, 5.74) is 1.48. The van der Waals surface area contributed by atoms with Gasteiger partial charge in [0.05, 0.1) is 12.3 Å². The zero-order valence-electron chi connectivity index (χ0n) is 15.1. The summed E-state index contributed by atoms with van der Waals surface area (Å²) in [5.74, 6) is 2.06. The second kappa shape index (κ2) is 7.11. The Morgan fingerprint density at radius 3 is 2.89 bits per heavy atom. The Morgan fingerprint density at radius 2 is 2.04 bits per heavy atom. The molecule has 0 spiro atoms. The van der Waals surface area contributed by atoms with Gasteiger partial charge in [-0.25, -0.2) is 0 Å². The van der Waals surface area contributed by atoms with E-state index in [1.54, 1.807) is 11.8 Å². The topological polar surface area (TPSA) is 77.7 Å². The fourth-order valence-electron chi connectivity index (χ4n) is 2.99. The first-order valence-electron chi connectivity index (χ1n) is 8.78. The number of amides is 1. The largest absolute Gasteiger partial charge is 0.494 e. The molecule has 27 heavy (non-hydrogen) atoms. The van der Waals surface area contributed by atoms with Gasteiger partial charge in [-0.2, -0.15) is 4.98 Å². The van der Waals surface area contributed by atoms with Gasteiger partial charge in [-0.05, 0) is 38.1 Å². The molecule has 3 aromatic rings. The van der Waals surface area contributed by atoms with Gasteiger partial charge >= 0.3 is 0 Å². The lowest BCUT2D eigenvalue weighted by molar-refractivity contribution is -0.125. The van der Waals surface area contributed by atoms with Crippen molar-refractivity contribution in [2.24, 2.45) is 0 Å². The molecule has 7 nitrogen and oxygen atoms in total. The molecule has 0 bridgehead atoms. The fourth-order valence-corrected chi connectivity index (χ4v) is 2.99. The summed E-state index contributed by atoms with van der Waals surface area (Å²) in [4.78, 5) is 18.6. The smallest absolute Gasteiger partial charge is 0.268 e. The molecule has 4 rings (SSSR count). The number of hydrogen-bond acceptors (Lipinski definition) is 6. The monoisotopic (exact) mass is 365 g/mol. The fraction of sp³-hybridized carbons (Fsp3) is 0.250. The van der Waals surface area contributed by atoms with Crippen molar-refractivity contribution in [2.75, 3.05) is 11.5 Å². The summed E-state index contributed by atoms with van der Waals surface area (Å²) in [6, 6.07) is 14.9. The zero-order chi connectivity index (χ0) is 18.8. The van der Waals surface area contributed by atoms with Crippen molar-refractivity contribution < 1.29 is 18.8 Å². The normalized spacial score (nSPS) is 16.0. The lowest BCUT2D eigenvalue weighted by Gasteiger charge is -2.31. The Morgan fingerprint density at radius 1 is 1.19 bits per heavy atom. The number of fused-ring (bicyclic) bond motifs is 1. The van der Waals surface area contributed by atoms with Crippen molar-refractivity contribution in [3.8, 4) is 22.9 Å². The Kier molecular flexibility index (Phi) is 4.50. The van der Waals surface area contributed by atoms with Crippen molar-refractivity contribution in [2.45, 2.75) is 26.5 Å². The molecule has 0 saturated carbocycles. The molecule has 1 aliphatic heterocycles. The Bertz CT molecular complexity index is 969. The predicted molar refractivity (Wildman–Crippen MR) is 98.6 cm³/mol. The van der Waals surface area contributed by atoms with Crippen LogP contribution in [0.2, 0.25) is 0 Å². The molecule has 1 aliphatic rings. The van der Waals surface area contributed by atoms with E-state index in [0.717, 1.165) is 11.3 Å². The molecular formula is C20H19N3O4. The quantitative estimate of drug-likeness (QED) is 0.689. The van der Waals surface area contributed by atoms with Crippen molar-refractivity contribution >= 4 is 11.6 Å². The standard InChI is InChI=1S/C20H19N3O4/c1-3-25-15-8-6-7-14(11-15)19-21-18(27-22-19)12-23-16-9-4-5-10-17(16)26-13(2)20(23)24/h4-11,13H,3,12H2,1-2H3/t13-/m1/s1. The summed E-state index contributed by atoms with van der Waals surface area (Å²) in [6.07, 6.45) is -0.565. The van der Waals surface area contributed by atoms with E-state index in [1.165, 1.54) is 0 Å². The molecule has 0 N–H and O–H groups in total. The number of hydrogen-bond donors (Lipinski definition) is 0. The minimum atomic E-state index is -0.565. The van der Waals surface area contributed by atoms with Gasteiger partial charge in [0.15, 0.2) is 6.10 Å². The molecule has 138 valence electrons. The van der Waals surface area contributed by atoms with E-state index >= 15 is 0 Å². The van der Waals surface area contributed by atoms with Gasteiger partial charge in [0, 0.05) is 5.56 Å². The molecule has 2 aromatic carbocycles. The second-order valence-electron chi connectivity index (χ2n) is 6.12. The summed E-state index contributed by atoms with van der Waals surface area (Å²) in [7, 11) is 0. The van der Waals surface area contributed by atoms with E-state index in [2.05, 4.69) is 10.1 Å². The Hall–Kier alpha value is -3.35.